The number of rotatable bonds is 7. The van der Waals surface area contributed by atoms with Gasteiger partial charge in [0.2, 0.25) is 0 Å². The summed E-state index contributed by atoms with van der Waals surface area (Å²) in [5, 5.41) is 16.1. The number of aliphatic hydroxyl groups is 1. The molecule has 24 heavy (non-hydrogen) atoms. The van der Waals surface area contributed by atoms with Crippen LogP contribution >= 0.6 is 0 Å². The molecule has 0 bridgehead atoms. The Kier molecular flexibility index (Phi) is 7.11. The van der Waals surface area contributed by atoms with Crippen molar-refractivity contribution in [3.05, 3.63) is 65.7 Å². The van der Waals surface area contributed by atoms with Gasteiger partial charge in [0, 0.05) is 26.1 Å². The second kappa shape index (κ2) is 9.57. The Labute approximate surface area is 143 Å². The number of nitrogens with one attached hydrogen (secondary N) is 2. The molecule has 5 nitrogen and oxygen atoms in total. The smallest absolute Gasteiger partial charge is 0.191 e. The van der Waals surface area contributed by atoms with Crippen molar-refractivity contribution < 1.29 is 9.84 Å². The maximum atomic E-state index is 9.61. The summed E-state index contributed by atoms with van der Waals surface area (Å²) in [5.41, 5.74) is 2.25. The Balaban J connectivity index is 1.85. The van der Waals surface area contributed by atoms with Gasteiger partial charge < -0.3 is 20.5 Å². The van der Waals surface area contributed by atoms with E-state index in [2.05, 4.69) is 15.6 Å². The van der Waals surface area contributed by atoms with Crippen LogP contribution in [0.1, 0.15) is 17.0 Å². The number of nitrogens with zero attached hydrogens (tertiary/aromatic N) is 1. The summed E-state index contributed by atoms with van der Waals surface area (Å²) in [6.07, 6.45) is 0. The van der Waals surface area contributed by atoms with E-state index in [-0.39, 0.29) is 12.5 Å². The molecule has 2 rings (SSSR count). The van der Waals surface area contributed by atoms with Gasteiger partial charge in [-0.15, -0.1) is 0 Å². The molecule has 2 aromatic carbocycles. The first-order valence-electron chi connectivity index (χ1n) is 8.00. The van der Waals surface area contributed by atoms with Crippen LogP contribution in [0, 0.1) is 0 Å². The number of aliphatic hydroxyl groups excluding tert-OH is 1. The summed E-state index contributed by atoms with van der Waals surface area (Å²) in [5.74, 6) is 1.58. The van der Waals surface area contributed by atoms with Gasteiger partial charge in [-0.1, -0.05) is 42.5 Å². The van der Waals surface area contributed by atoms with Gasteiger partial charge in [-0.3, -0.25) is 4.99 Å². The van der Waals surface area contributed by atoms with Gasteiger partial charge in [-0.05, 0) is 23.3 Å². The second-order valence-electron chi connectivity index (χ2n) is 5.44. The SMILES string of the molecule is CN=C(NCc1ccc(OC)cc1)NCC(CO)c1ccccc1. The fourth-order valence-electron chi connectivity index (χ4n) is 2.38. The molecule has 5 heteroatoms. The minimum atomic E-state index is 0.0331. The summed E-state index contributed by atoms with van der Waals surface area (Å²) in [6, 6.07) is 17.9. The summed E-state index contributed by atoms with van der Waals surface area (Å²) >= 11 is 0. The van der Waals surface area contributed by atoms with Crippen molar-refractivity contribution in [2.24, 2.45) is 4.99 Å². The van der Waals surface area contributed by atoms with E-state index in [1.54, 1.807) is 14.2 Å². The van der Waals surface area contributed by atoms with Gasteiger partial charge in [-0.2, -0.15) is 0 Å². The number of ether oxygens (including phenoxy) is 1. The van der Waals surface area contributed by atoms with Crippen LogP contribution in [0.5, 0.6) is 5.75 Å². The zero-order valence-electron chi connectivity index (χ0n) is 14.2. The Morgan fingerprint density at radius 3 is 2.38 bits per heavy atom. The summed E-state index contributed by atoms with van der Waals surface area (Å²) in [7, 11) is 3.39. The van der Waals surface area contributed by atoms with Gasteiger partial charge in [-0.25, -0.2) is 0 Å². The molecule has 1 unspecified atom stereocenters. The van der Waals surface area contributed by atoms with E-state index in [1.807, 2.05) is 54.6 Å². The molecule has 0 saturated heterocycles. The average molecular weight is 327 g/mol. The van der Waals surface area contributed by atoms with E-state index in [4.69, 9.17) is 4.74 Å². The first-order chi connectivity index (χ1) is 11.8. The van der Waals surface area contributed by atoms with E-state index >= 15 is 0 Å². The summed E-state index contributed by atoms with van der Waals surface area (Å²) in [6.45, 7) is 1.37. The van der Waals surface area contributed by atoms with E-state index in [9.17, 15) is 5.11 Å². The van der Waals surface area contributed by atoms with Crippen LogP contribution in [-0.2, 0) is 6.54 Å². The largest absolute Gasteiger partial charge is 0.497 e. The van der Waals surface area contributed by atoms with Crippen molar-refractivity contribution in [3.63, 3.8) is 0 Å². The van der Waals surface area contributed by atoms with Gasteiger partial charge in [0.15, 0.2) is 5.96 Å². The second-order valence-corrected chi connectivity index (χ2v) is 5.44. The number of aliphatic imine (C=N–C) groups is 1. The minimum Gasteiger partial charge on any atom is -0.497 e. The van der Waals surface area contributed by atoms with Crippen LogP contribution in [0.2, 0.25) is 0 Å². The average Bonchev–Trinajstić information content (AvgIpc) is 2.66. The Hall–Kier alpha value is -2.53. The number of methoxy groups -OCH3 is 1. The maximum absolute atomic E-state index is 9.61. The first-order valence-corrected chi connectivity index (χ1v) is 8.00. The van der Waals surface area contributed by atoms with Crippen LogP contribution in [0.15, 0.2) is 59.6 Å². The van der Waals surface area contributed by atoms with Crippen molar-refractivity contribution in [2.45, 2.75) is 12.5 Å². The lowest BCUT2D eigenvalue weighted by atomic mass is 10.0. The predicted molar refractivity (Wildman–Crippen MR) is 97.5 cm³/mol. The minimum absolute atomic E-state index is 0.0331. The molecule has 0 aliphatic heterocycles. The zero-order valence-corrected chi connectivity index (χ0v) is 14.2. The molecule has 0 radical (unpaired) electrons. The number of benzene rings is 2. The third-order valence-electron chi connectivity index (χ3n) is 3.85. The number of hydrogen-bond acceptors (Lipinski definition) is 3. The van der Waals surface area contributed by atoms with Gasteiger partial charge in [0.1, 0.15) is 5.75 Å². The third-order valence-corrected chi connectivity index (χ3v) is 3.85. The monoisotopic (exact) mass is 327 g/mol. The third kappa shape index (κ3) is 5.28. The Morgan fingerprint density at radius 2 is 1.79 bits per heavy atom. The predicted octanol–water partition coefficient (Wildman–Crippen LogP) is 2.14. The summed E-state index contributed by atoms with van der Waals surface area (Å²) < 4.78 is 5.16. The molecule has 0 aromatic heterocycles. The standard InChI is InChI=1S/C19H25N3O2/c1-20-19(21-12-15-8-10-18(24-2)11-9-15)22-13-17(14-23)16-6-4-3-5-7-16/h3-11,17,23H,12-14H2,1-2H3,(H2,20,21,22). The molecule has 1 atom stereocenters. The van der Waals surface area contributed by atoms with Crippen LogP contribution in [0.3, 0.4) is 0 Å². The topological polar surface area (TPSA) is 65.9 Å². The van der Waals surface area contributed by atoms with E-state index in [0.29, 0.717) is 19.0 Å². The molecule has 0 amide bonds. The molecule has 0 aliphatic rings. The molecule has 0 aliphatic carbocycles. The lowest BCUT2D eigenvalue weighted by Gasteiger charge is -2.18. The van der Waals surface area contributed by atoms with E-state index in [0.717, 1.165) is 16.9 Å². The first kappa shape index (κ1) is 17.8. The molecule has 0 fully saturated rings. The van der Waals surface area contributed by atoms with Gasteiger partial charge >= 0.3 is 0 Å². The van der Waals surface area contributed by atoms with Crippen LogP contribution < -0.4 is 15.4 Å². The van der Waals surface area contributed by atoms with E-state index in [1.165, 1.54) is 0 Å². The molecular weight excluding hydrogens is 302 g/mol. The molecule has 2 aromatic rings. The molecule has 0 heterocycles. The van der Waals surface area contributed by atoms with E-state index < -0.39 is 0 Å². The zero-order chi connectivity index (χ0) is 17.2. The van der Waals surface area contributed by atoms with Crippen molar-refractivity contribution in [1.82, 2.24) is 10.6 Å². The van der Waals surface area contributed by atoms with Crippen molar-refractivity contribution in [3.8, 4) is 5.75 Å². The highest BCUT2D eigenvalue weighted by Crippen LogP contribution is 2.13. The normalized spacial score (nSPS) is 12.5. The van der Waals surface area contributed by atoms with Crippen LogP contribution in [0.25, 0.3) is 0 Å². The molecule has 128 valence electrons. The quantitative estimate of drug-likeness (QED) is 0.538. The fraction of sp³-hybridized carbons (Fsp3) is 0.316. The van der Waals surface area contributed by atoms with Gasteiger partial charge in [0.05, 0.1) is 13.7 Å². The van der Waals surface area contributed by atoms with Crippen molar-refractivity contribution in [2.75, 3.05) is 27.3 Å². The fourth-order valence-corrected chi connectivity index (χ4v) is 2.38. The number of hydrogen-bond donors (Lipinski definition) is 3. The van der Waals surface area contributed by atoms with Crippen molar-refractivity contribution >= 4 is 5.96 Å². The highest BCUT2D eigenvalue weighted by atomic mass is 16.5. The molecule has 0 spiro atoms. The lowest BCUT2D eigenvalue weighted by molar-refractivity contribution is 0.265. The maximum Gasteiger partial charge on any atom is 0.191 e. The highest BCUT2D eigenvalue weighted by molar-refractivity contribution is 5.79. The molecule has 0 saturated carbocycles. The highest BCUT2D eigenvalue weighted by Gasteiger charge is 2.10. The summed E-state index contributed by atoms with van der Waals surface area (Å²) in [4.78, 5) is 4.22. The molecular formula is C19H25N3O2. The lowest BCUT2D eigenvalue weighted by Crippen LogP contribution is -2.39. The Bertz CT molecular complexity index is 627. The Morgan fingerprint density at radius 1 is 1.08 bits per heavy atom. The number of guanidine groups is 1. The van der Waals surface area contributed by atoms with Crippen LogP contribution in [-0.4, -0.2) is 38.4 Å². The van der Waals surface area contributed by atoms with Gasteiger partial charge in [0.25, 0.3) is 0 Å². The van der Waals surface area contributed by atoms with Crippen LogP contribution in [0.4, 0.5) is 0 Å². The molecule has 3 N–H and O–H groups in total. The van der Waals surface area contributed by atoms with Crippen molar-refractivity contribution in [1.29, 1.82) is 0 Å².